The molecule has 0 saturated heterocycles. The van der Waals surface area contributed by atoms with Gasteiger partial charge in [-0.15, -0.1) is 0 Å². The van der Waals surface area contributed by atoms with Crippen LogP contribution in [0.25, 0.3) is 116 Å². The van der Waals surface area contributed by atoms with E-state index in [1.165, 1.54) is 66.3 Å². The minimum atomic E-state index is 0.894. The summed E-state index contributed by atoms with van der Waals surface area (Å²) in [7, 11) is 0. The van der Waals surface area contributed by atoms with E-state index in [0.717, 1.165) is 66.9 Å². The smallest absolute Gasteiger partial charge is 0.143 e. The fourth-order valence-corrected chi connectivity index (χ4v) is 11.4. The van der Waals surface area contributed by atoms with Gasteiger partial charge < -0.3 is 13.9 Å². The Balaban J connectivity index is 0.925. The van der Waals surface area contributed by atoms with Gasteiger partial charge in [0.05, 0.1) is 11.0 Å². The van der Waals surface area contributed by atoms with Gasteiger partial charge in [0.2, 0.25) is 0 Å². The van der Waals surface area contributed by atoms with Crippen LogP contribution in [0, 0.1) is 0 Å². The lowest BCUT2D eigenvalue weighted by Crippen LogP contribution is -2.10. The molecule has 0 bridgehead atoms. The third-order valence-corrected chi connectivity index (χ3v) is 14.8. The van der Waals surface area contributed by atoms with E-state index in [4.69, 9.17) is 4.42 Å². The second-order valence-electron chi connectivity index (χ2n) is 19.2. The topological polar surface area (TPSA) is 21.3 Å². The molecule has 0 N–H and O–H groups in total. The van der Waals surface area contributed by atoms with Gasteiger partial charge in [0.15, 0.2) is 0 Å². The molecular formula is C72H48N2O. The van der Waals surface area contributed by atoms with Crippen molar-refractivity contribution >= 4 is 60.8 Å². The second kappa shape index (κ2) is 18.6. The van der Waals surface area contributed by atoms with Gasteiger partial charge in [-0.3, -0.25) is 0 Å². The number of para-hydroxylation sites is 4. The second-order valence-corrected chi connectivity index (χ2v) is 19.2. The molecule has 14 aromatic rings. The van der Waals surface area contributed by atoms with Gasteiger partial charge in [0, 0.05) is 49.9 Å². The molecule has 0 amide bonds. The standard InChI is InChI=1S/C72H48N2O/c1-4-20-49(21-5-1)58-28-10-11-30-64(58)70-59(50-22-6-2-7-23-50)32-17-33-60(70)51-40-44-55(45-41-51)73(56-46-42-52(43-47-56)62-35-18-36-65-63-29-13-15-39-69(63)75-72(62)65)57-27-16-24-53(48-57)61-34-19-38-68-71(61)66-31-12-14-37-67(66)74(68)54-25-8-3-9-26-54/h1-48H. The molecule has 0 fully saturated rings. The third kappa shape index (κ3) is 7.69. The van der Waals surface area contributed by atoms with Gasteiger partial charge in [-0.25, -0.2) is 0 Å². The lowest BCUT2D eigenvalue weighted by atomic mass is 9.84. The van der Waals surface area contributed by atoms with Crippen molar-refractivity contribution in [2.24, 2.45) is 0 Å². The molecule has 0 aliphatic carbocycles. The molecule has 0 spiro atoms. The van der Waals surface area contributed by atoms with E-state index in [9.17, 15) is 0 Å². The predicted octanol–water partition coefficient (Wildman–Crippen LogP) is 20.2. The van der Waals surface area contributed by atoms with Crippen molar-refractivity contribution in [3.05, 3.63) is 291 Å². The molecule has 352 valence electrons. The molecule has 0 atom stereocenters. The van der Waals surface area contributed by atoms with E-state index in [-0.39, 0.29) is 0 Å². The van der Waals surface area contributed by atoms with Crippen molar-refractivity contribution in [1.29, 1.82) is 0 Å². The predicted molar refractivity (Wildman–Crippen MR) is 315 cm³/mol. The molecule has 0 saturated carbocycles. The van der Waals surface area contributed by atoms with E-state index < -0.39 is 0 Å². The maximum atomic E-state index is 6.53. The monoisotopic (exact) mass is 956 g/mol. The van der Waals surface area contributed by atoms with E-state index in [1.807, 2.05) is 12.1 Å². The van der Waals surface area contributed by atoms with Crippen LogP contribution in [-0.4, -0.2) is 4.57 Å². The van der Waals surface area contributed by atoms with Gasteiger partial charge >= 0.3 is 0 Å². The maximum Gasteiger partial charge on any atom is 0.143 e. The molecule has 75 heavy (non-hydrogen) atoms. The molecule has 12 aromatic carbocycles. The summed E-state index contributed by atoms with van der Waals surface area (Å²) in [6.45, 7) is 0. The number of furan rings is 1. The highest BCUT2D eigenvalue weighted by Gasteiger charge is 2.22. The van der Waals surface area contributed by atoms with Crippen LogP contribution in [0.5, 0.6) is 0 Å². The van der Waals surface area contributed by atoms with Crippen molar-refractivity contribution in [3.63, 3.8) is 0 Å². The minimum Gasteiger partial charge on any atom is -0.455 e. The zero-order valence-corrected chi connectivity index (χ0v) is 41.0. The summed E-state index contributed by atoms with van der Waals surface area (Å²) in [5, 5.41) is 4.70. The van der Waals surface area contributed by atoms with Crippen molar-refractivity contribution < 1.29 is 4.42 Å². The highest BCUT2D eigenvalue weighted by atomic mass is 16.3. The largest absolute Gasteiger partial charge is 0.455 e. The Labute approximate surface area is 436 Å². The van der Waals surface area contributed by atoms with Gasteiger partial charge in [-0.2, -0.15) is 0 Å². The number of aromatic nitrogens is 1. The first-order valence-corrected chi connectivity index (χ1v) is 25.7. The number of nitrogens with zero attached hydrogens (tertiary/aromatic N) is 2. The molecule has 0 radical (unpaired) electrons. The summed E-state index contributed by atoms with van der Waals surface area (Å²) in [5.74, 6) is 0. The fraction of sp³-hybridized carbons (Fsp3) is 0. The van der Waals surface area contributed by atoms with Crippen LogP contribution < -0.4 is 4.90 Å². The van der Waals surface area contributed by atoms with Crippen molar-refractivity contribution in [3.8, 4) is 72.4 Å². The quantitative estimate of drug-likeness (QED) is 0.136. The number of benzene rings is 12. The van der Waals surface area contributed by atoms with Crippen molar-refractivity contribution in [1.82, 2.24) is 4.57 Å². The molecule has 2 heterocycles. The van der Waals surface area contributed by atoms with Crippen LogP contribution >= 0.6 is 0 Å². The minimum absolute atomic E-state index is 0.894. The van der Waals surface area contributed by atoms with Crippen LogP contribution in [0.1, 0.15) is 0 Å². The summed E-state index contributed by atoms with van der Waals surface area (Å²) >= 11 is 0. The summed E-state index contributed by atoms with van der Waals surface area (Å²) in [5.41, 5.74) is 22.4. The average molecular weight is 957 g/mol. The van der Waals surface area contributed by atoms with E-state index in [2.05, 4.69) is 289 Å². The number of anilines is 3. The molecule has 14 rings (SSSR count). The van der Waals surface area contributed by atoms with E-state index >= 15 is 0 Å². The number of hydrogen-bond acceptors (Lipinski definition) is 2. The van der Waals surface area contributed by atoms with E-state index in [1.54, 1.807) is 0 Å². The van der Waals surface area contributed by atoms with Crippen molar-refractivity contribution in [2.45, 2.75) is 0 Å². The number of rotatable bonds is 10. The summed E-state index contributed by atoms with van der Waals surface area (Å²) in [6, 6.07) is 105. The van der Waals surface area contributed by atoms with Gasteiger partial charge in [-0.05, 0) is 128 Å². The molecular weight excluding hydrogens is 909 g/mol. The summed E-state index contributed by atoms with van der Waals surface area (Å²) in [6.07, 6.45) is 0. The molecule has 3 nitrogen and oxygen atoms in total. The highest BCUT2D eigenvalue weighted by molar-refractivity contribution is 6.16. The molecule has 2 aromatic heterocycles. The molecule has 0 unspecified atom stereocenters. The van der Waals surface area contributed by atoms with Crippen LogP contribution in [0.2, 0.25) is 0 Å². The fourth-order valence-electron chi connectivity index (χ4n) is 11.4. The third-order valence-electron chi connectivity index (χ3n) is 14.8. The molecule has 0 aliphatic rings. The van der Waals surface area contributed by atoms with Crippen molar-refractivity contribution in [2.75, 3.05) is 4.90 Å². The Morgan fingerprint density at radius 2 is 0.747 bits per heavy atom. The first kappa shape index (κ1) is 43.8. The van der Waals surface area contributed by atoms with Gasteiger partial charge in [0.1, 0.15) is 11.2 Å². The Morgan fingerprint density at radius 3 is 1.47 bits per heavy atom. The summed E-state index contributed by atoms with van der Waals surface area (Å²) in [4.78, 5) is 2.39. The normalized spacial score (nSPS) is 11.5. The Morgan fingerprint density at radius 1 is 0.280 bits per heavy atom. The number of fused-ring (bicyclic) bond motifs is 6. The maximum absolute atomic E-state index is 6.53. The zero-order chi connectivity index (χ0) is 49.7. The van der Waals surface area contributed by atoms with Crippen LogP contribution in [0.4, 0.5) is 17.1 Å². The van der Waals surface area contributed by atoms with E-state index in [0.29, 0.717) is 0 Å². The van der Waals surface area contributed by atoms with Crippen LogP contribution in [0.15, 0.2) is 296 Å². The summed E-state index contributed by atoms with van der Waals surface area (Å²) < 4.78 is 8.92. The Bertz CT molecular complexity index is 4380. The zero-order valence-electron chi connectivity index (χ0n) is 41.0. The molecule has 3 heteroatoms. The van der Waals surface area contributed by atoms with Gasteiger partial charge in [-0.1, -0.05) is 224 Å². The SMILES string of the molecule is c1ccc(-c2ccccc2-c2c(-c3ccccc3)cccc2-c2ccc(N(c3ccc(-c4cccc5c4oc4ccccc45)cc3)c3cccc(-c4cccc5c4c4ccccc4n5-c4ccccc4)c3)cc2)cc1. The number of hydrogen-bond donors (Lipinski definition) is 0. The first-order chi connectivity index (χ1) is 37.2. The Hall–Kier alpha value is -9.96. The lowest BCUT2D eigenvalue weighted by molar-refractivity contribution is 0.670. The molecule has 0 aliphatic heterocycles. The van der Waals surface area contributed by atoms with Gasteiger partial charge in [0.25, 0.3) is 0 Å². The average Bonchev–Trinajstić information content (AvgIpc) is 4.09. The van der Waals surface area contributed by atoms with Crippen LogP contribution in [0.3, 0.4) is 0 Å². The lowest BCUT2D eigenvalue weighted by Gasteiger charge is -2.27. The highest BCUT2D eigenvalue weighted by Crippen LogP contribution is 2.47. The Kier molecular flexibility index (Phi) is 10.8. The van der Waals surface area contributed by atoms with Crippen LogP contribution in [-0.2, 0) is 0 Å². The first-order valence-electron chi connectivity index (χ1n) is 25.7.